The van der Waals surface area contributed by atoms with E-state index in [2.05, 4.69) is 0 Å². The molecule has 2 amide bonds. The predicted molar refractivity (Wildman–Crippen MR) is 132 cm³/mol. The Labute approximate surface area is 203 Å². The van der Waals surface area contributed by atoms with E-state index >= 15 is 0 Å². The van der Waals surface area contributed by atoms with Crippen molar-refractivity contribution in [2.45, 2.75) is 6.61 Å². The van der Waals surface area contributed by atoms with Gasteiger partial charge in [-0.15, -0.1) is 0 Å². The Morgan fingerprint density at radius 2 is 1.40 bits per heavy atom. The van der Waals surface area contributed by atoms with Crippen LogP contribution in [0, 0.1) is 0 Å². The van der Waals surface area contributed by atoms with Crippen molar-refractivity contribution in [3.05, 3.63) is 95.7 Å². The van der Waals surface area contributed by atoms with Crippen LogP contribution >= 0.6 is 0 Å². The number of fused-ring (bicyclic) bond motifs is 1. The number of nitrogens with zero attached hydrogens (tertiary/aromatic N) is 2. The van der Waals surface area contributed by atoms with Gasteiger partial charge in [0.15, 0.2) is 5.76 Å². The van der Waals surface area contributed by atoms with Gasteiger partial charge in [0.2, 0.25) is 0 Å². The van der Waals surface area contributed by atoms with Gasteiger partial charge in [-0.2, -0.15) is 0 Å². The number of hydrogen-bond acceptors (Lipinski definition) is 5. The third kappa shape index (κ3) is 4.71. The molecule has 35 heavy (non-hydrogen) atoms. The molecular formula is C28H26N2O5. The molecule has 1 aromatic heterocycles. The van der Waals surface area contributed by atoms with Crippen LogP contribution in [-0.4, -0.2) is 54.9 Å². The number of rotatable bonds is 6. The Bertz CT molecular complexity index is 1320. The summed E-state index contributed by atoms with van der Waals surface area (Å²) >= 11 is 0. The van der Waals surface area contributed by atoms with Crippen LogP contribution in [-0.2, 0) is 6.61 Å². The Hall–Kier alpha value is -4.26. The van der Waals surface area contributed by atoms with Crippen molar-refractivity contribution < 1.29 is 23.5 Å². The highest BCUT2D eigenvalue weighted by Crippen LogP contribution is 2.29. The molecule has 5 rings (SSSR count). The van der Waals surface area contributed by atoms with E-state index in [-0.39, 0.29) is 24.2 Å². The van der Waals surface area contributed by atoms with Gasteiger partial charge in [-0.1, -0.05) is 36.4 Å². The summed E-state index contributed by atoms with van der Waals surface area (Å²) in [6.45, 7) is 1.98. The van der Waals surface area contributed by atoms with E-state index in [1.807, 2.05) is 54.6 Å². The first-order chi connectivity index (χ1) is 17.1. The molecule has 178 valence electrons. The van der Waals surface area contributed by atoms with Crippen molar-refractivity contribution in [3.8, 4) is 11.5 Å². The molecule has 0 spiro atoms. The monoisotopic (exact) mass is 470 g/mol. The number of hydrogen-bond donors (Lipinski definition) is 0. The van der Waals surface area contributed by atoms with E-state index in [4.69, 9.17) is 13.9 Å². The molecule has 7 nitrogen and oxygen atoms in total. The van der Waals surface area contributed by atoms with Crippen molar-refractivity contribution in [1.82, 2.24) is 9.80 Å². The molecule has 1 aliphatic heterocycles. The highest BCUT2D eigenvalue weighted by molar-refractivity contribution is 5.99. The van der Waals surface area contributed by atoms with Gasteiger partial charge in [-0.25, -0.2) is 0 Å². The van der Waals surface area contributed by atoms with Crippen molar-refractivity contribution in [2.75, 3.05) is 33.3 Å². The van der Waals surface area contributed by atoms with Crippen LogP contribution in [0.15, 0.2) is 83.3 Å². The Morgan fingerprint density at radius 1 is 0.771 bits per heavy atom. The third-order valence-electron chi connectivity index (χ3n) is 6.21. The SMILES string of the molecule is COc1ccc(C(=O)N2CCN(C(=O)c3oc4ccccc4c3COc3ccccc3)CC2)cc1. The summed E-state index contributed by atoms with van der Waals surface area (Å²) in [5, 5.41) is 0.861. The largest absolute Gasteiger partial charge is 0.497 e. The molecule has 7 heteroatoms. The number of furan rings is 1. The lowest BCUT2D eigenvalue weighted by Gasteiger charge is -2.34. The van der Waals surface area contributed by atoms with Crippen molar-refractivity contribution in [2.24, 2.45) is 0 Å². The third-order valence-corrected chi connectivity index (χ3v) is 6.21. The van der Waals surface area contributed by atoms with E-state index in [1.165, 1.54) is 0 Å². The normalized spacial score (nSPS) is 13.6. The summed E-state index contributed by atoms with van der Waals surface area (Å²) in [6, 6.07) is 24.1. The van der Waals surface area contributed by atoms with Crippen LogP contribution in [0.1, 0.15) is 26.5 Å². The second kappa shape index (κ2) is 9.93. The fourth-order valence-corrected chi connectivity index (χ4v) is 4.26. The molecule has 0 N–H and O–H groups in total. The summed E-state index contributed by atoms with van der Waals surface area (Å²) in [4.78, 5) is 29.9. The van der Waals surface area contributed by atoms with Gasteiger partial charge in [0, 0.05) is 42.7 Å². The van der Waals surface area contributed by atoms with E-state index in [0.717, 1.165) is 16.7 Å². The number of piperazine rings is 1. The molecule has 0 radical (unpaired) electrons. The number of benzene rings is 3. The topological polar surface area (TPSA) is 72.2 Å². The second-order valence-corrected chi connectivity index (χ2v) is 8.32. The summed E-state index contributed by atoms with van der Waals surface area (Å²) in [5.41, 5.74) is 1.98. The van der Waals surface area contributed by atoms with Crippen LogP contribution < -0.4 is 9.47 Å². The average Bonchev–Trinajstić information content (AvgIpc) is 3.30. The summed E-state index contributed by atoms with van der Waals surface area (Å²) in [7, 11) is 1.59. The number of methoxy groups -OCH3 is 1. The number of para-hydroxylation sites is 2. The molecule has 2 heterocycles. The van der Waals surface area contributed by atoms with Crippen molar-refractivity contribution in [3.63, 3.8) is 0 Å². The minimum Gasteiger partial charge on any atom is -0.497 e. The summed E-state index contributed by atoms with van der Waals surface area (Å²) < 4.78 is 17.1. The summed E-state index contributed by atoms with van der Waals surface area (Å²) in [5.74, 6) is 1.47. The second-order valence-electron chi connectivity index (χ2n) is 8.32. The van der Waals surface area contributed by atoms with Gasteiger partial charge >= 0.3 is 0 Å². The number of ether oxygens (including phenoxy) is 2. The molecule has 1 saturated heterocycles. The fourth-order valence-electron chi connectivity index (χ4n) is 4.26. The maximum atomic E-state index is 13.5. The van der Waals surface area contributed by atoms with E-state index < -0.39 is 0 Å². The molecule has 0 atom stereocenters. The zero-order valence-corrected chi connectivity index (χ0v) is 19.5. The molecular weight excluding hydrogens is 444 g/mol. The quantitative estimate of drug-likeness (QED) is 0.411. The van der Waals surface area contributed by atoms with Gasteiger partial charge in [0.1, 0.15) is 23.7 Å². The smallest absolute Gasteiger partial charge is 0.290 e. The first-order valence-electron chi connectivity index (χ1n) is 11.5. The minimum atomic E-state index is -0.190. The number of carbonyl (C=O) groups is 2. The molecule has 0 aliphatic carbocycles. The molecule has 0 unspecified atom stereocenters. The lowest BCUT2D eigenvalue weighted by atomic mass is 10.1. The molecule has 1 fully saturated rings. The van der Waals surface area contributed by atoms with Gasteiger partial charge in [-0.3, -0.25) is 9.59 Å². The highest BCUT2D eigenvalue weighted by Gasteiger charge is 2.30. The lowest BCUT2D eigenvalue weighted by molar-refractivity contribution is 0.0517. The Balaban J connectivity index is 1.30. The van der Waals surface area contributed by atoms with Crippen molar-refractivity contribution in [1.29, 1.82) is 0 Å². The predicted octanol–water partition coefficient (Wildman–Crippen LogP) is 4.62. The Kier molecular flexibility index (Phi) is 6.39. The fraction of sp³-hybridized carbons (Fsp3) is 0.214. The van der Waals surface area contributed by atoms with Gasteiger partial charge in [0.25, 0.3) is 11.8 Å². The van der Waals surface area contributed by atoms with Crippen LogP contribution in [0.5, 0.6) is 11.5 Å². The van der Waals surface area contributed by atoms with E-state index in [9.17, 15) is 9.59 Å². The van der Waals surface area contributed by atoms with Gasteiger partial charge < -0.3 is 23.7 Å². The number of amides is 2. The molecule has 4 aromatic rings. The number of carbonyl (C=O) groups excluding carboxylic acids is 2. The molecule has 3 aromatic carbocycles. The van der Waals surface area contributed by atoms with E-state index in [1.54, 1.807) is 41.2 Å². The zero-order chi connectivity index (χ0) is 24.2. The van der Waals surface area contributed by atoms with Crippen molar-refractivity contribution >= 4 is 22.8 Å². The van der Waals surface area contributed by atoms with Crippen LogP contribution in [0.3, 0.4) is 0 Å². The maximum Gasteiger partial charge on any atom is 0.290 e. The lowest BCUT2D eigenvalue weighted by Crippen LogP contribution is -2.50. The average molecular weight is 471 g/mol. The zero-order valence-electron chi connectivity index (χ0n) is 19.5. The van der Waals surface area contributed by atoms with E-state index in [0.29, 0.717) is 43.1 Å². The van der Waals surface area contributed by atoms with Crippen LogP contribution in [0.25, 0.3) is 11.0 Å². The summed E-state index contributed by atoms with van der Waals surface area (Å²) in [6.07, 6.45) is 0. The molecule has 0 bridgehead atoms. The van der Waals surface area contributed by atoms with Crippen LogP contribution in [0.4, 0.5) is 0 Å². The molecule has 1 aliphatic rings. The first kappa shape index (κ1) is 22.5. The van der Waals surface area contributed by atoms with Crippen LogP contribution in [0.2, 0.25) is 0 Å². The Morgan fingerprint density at radius 3 is 2.09 bits per heavy atom. The maximum absolute atomic E-state index is 13.5. The van der Waals surface area contributed by atoms with Gasteiger partial charge in [-0.05, 0) is 42.5 Å². The van der Waals surface area contributed by atoms with Gasteiger partial charge in [0.05, 0.1) is 7.11 Å². The minimum absolute atomic E-state index is 0.0551. The standard InChI is InChI=1S/C28H26N2O5/c1-33-21-13-11-20(12-14-21)27(31)29-15-17-30(18-16-29)28(32)26-24(19-34-22-7-3-2-4-8-22)23-9-5-6-10-25(23)35-26/h2-14H,15-19H2,1H3. The molecule has 0 saturated carbocycles. The first-order valence-corrected chi connectivity index (χ1v) is 11.5. The highest BCUT2D eigenvalue weighted by atomic mass is 16.5.